The van der Waals surface area contributed by atoms with E-state index in [-0.39, 0.29) is 24.3 Å². The second kappa shape index (κ2) is 8.71. The topological polar surface area (TPSA) is 67.4 Å². The Balaban J connectivity index is 2.79. The van der Waals surface area contributed by atoms with Crippen LogP contribution in [-0.2, 0) is 14.3 Å². The lowest BCUT2D eigenvalue weighted by Gasteiger charge is -2.18. The van der Waals surface area contributed by atoms with Crippen molar-refractivity contribution in [3.8, 4) is 0 Å². The van der Waals surface area contributed by atoms with E-state index in [1.165, 1.54) is 7.11 Å². The van der Waals surface area contributed by atoms with Crippen LogP contribution >= 0.6 is 15.9 Å². The van der Waals surface area contributed by atoms with E-state index in [4.69, 9.17) is 0 Å². The second-order valence-corrected chi connectivity index (χ2v) is 5.22. The summed E-state index contributed by atoms with van der Waals surface area (Å²) in [6, 6.07) is 7.12. The molecule has 0 spiro atoms. The first-order valence-corrected chi connectivity index (χ1v) is 7.12. The van der Waals surface area contributed by atoms with Crippen molar-refractivity contribution in [2.75, 3.05) is 20.7 Å². The minimum absolute atomic E-state index is 0.103. The van der Waals surface area contributed by atoms with Crippen molar-refractivity contribution < 1.29 is 14.3 Å². The zero-order valence-corrected chi connectivity index (χ0v) is 13.2. The van der Waals surface area contributed by atoms with Gasteiger partial charge in [0.2, 0.25) is 5.91 Å². The number of benzene rings is 1. The van der Waals surface area contributed by atoms with Crippen molar-refractivity contribution in [1.29, 1.82) is 0 Å². The Morgan fingerprint density at radius 1 is 1.40 bits per heavy atom. The Labute approximate surface area is 127 Å². The number of hydrogen-bond donors (Lipinski definition) is 2. The first-order valence-electron chi connectivity index (χ1n) is 6.33. The number of methoxy groups -OCH3 is 1. The molecule has 5 nitrogen and oxygen atoms in total. The van der Waals surface area contributed by atoms with Gasteiger partial charge in [0.05, 0.1) is 19.6 Å². The third-order valence-electron chi connectivity index (χ3n) is 2.79. The predicted molar refractivity (Wildman–Crippen MR) is 80.2 cm³/mol. The number of amides is 1. The highest BCUT2D eigenvalue weighted by molar-refractivity contribution is 9.10. The van der Waals surface area contributed by atoms with E-state index < -0.39 is 0 Å². The summed E-state index contributed by atoms with van der Waals surface area (Å²) in [6.45, 7) is 0.593. The Morgan fingerprint density at radius 2 is 2.15 bits per heavy atom. The Morgan fingerprint density at radius 3 is 2.75 bits per heavy atom. The lowest BCUT2D eigenvalue weighted by Crippen LogP contribution is -2.32. The van der Waals surface area contributed by atoms with E-state index in [2.05, 4.69) is 31.3 Å². The molecule has 0 saturated heterocycles. The number of carbonyl (C=O) groups excluding carboxylic acids is 2. The van der Waals surface area contributed by atoms with Gasteiger partial charge in [-0.25, -0.2) is 0 Å². The summed E-state index contributed by atoms with van der Waals surface area (Å²) in [5.74, 6) is -0.461. The lowest BCUT2D eigenvalue weighted by atomic mass is 10.0. The smallest absolute Gasteiger partial charge is 0.307 e. The van der Waals surface area contributed by atoms with Gasteiger partial charge in [-0.3, -0.25) is 9.59 Å². The van der Waals surface area contributed by atoms with Crippen LogP contribution in [0.4, 0.5) is 0 Å². The lowest BCUT2D eigenvalue weighted by molar-refractivity contribution is -0.141. The molecule has 0 aromatic heterocycles. The molecule has 1 atom stereocenters. The molecule has 1 unspecified atom stereocenters. The molecule has 0 fully saturated rings. The molecule has 0 aliphatic heterocycles. The SMILES string of the molecule is CNCCC(=O)NC(CC(=O)OC)c1cccc(Br)c1. The summed E-state index contributed by atoms with van der Waals surface area (Å²) < 4.78 is 5.58. The average Bonchev–Trinajstić information content (AvgIpc) is 2.44. The molecular formula is C14H19BrN2O3. The molecule has 0 radical (unpaired) electrons. The standard InChI is InChI=1S/C14H19BrN2O3/c1-16-7-6-13(18)17-12(9-14(19)20-2)10-4-3-5-11(15)8-10/h3-5,8,12,16H,6-7,9H2,1-2H3,(H,17,18). The van der Waals surface area contributed by atoms with Crippen LogP contribution in [0.15, 0.2) is 28.7 Å². The van der Waals surface area contributed by atoms with Crippen LogP contribution in [0.2, 0.25) is 0 Å². The van der Waals surface area contributed by atoms with Gasteiger partial charge in [-0.05, 0) is 24.7 Å². The van der Waals surface area contributed by atoms with Crippen LogP contribution in [0.3, 0.4) is 0 Å². The molecule has 1 aromatic rings. The average molecular weight is 343 g/mol. The van der Waals surface area contributed by atoms with Crippen molar-refractivity contribution in [1.82, 2.24) is 10.6 Å². The molecule has 2 N–H and O–H groups in total. The fourth-order valence-corrected chi connectivity index (χ4v) is 2.15. The molecule has 0 saturated carbocycles. The van der Waals surface area contributed by atoms with Gasteiger partial charge >= 0.3 is 5.97 Å². The normalized spacial score (nSPS) is 11.8. The minimum Gasteiger partial charge on any atom is -0.469 e. The molecule has 20 heavy (non-hydrogen) atoms. The number of ether oxygens (including phenoxy) is 1. The van der Waals surface area contributed by atoms with Crippen LogP contribution in [0.5, 0.6) is 0 Å². The summed E-state index contributed by atoms with van der Waals surface area (Å²) in [6.07, 6.45) is 0.473. The maximum absolute atomic E-state index is 11.8. The maximum atomic E-state index is 11.8. The molecule has 1 aromatic carbocycles. The van der Waals surface area contributed by atoms with Gasteiger partial charge in [0, 0.05) is 17.4 Å². The summed E-state index contributed by atoms with van der Waals surface area (Å²) in [5, 5.41) is 5.77. The summed E-state index contributed by atoms with van der Waals surface area (Å²) in [5.41, 5.74) is 0.864. The van der Waals surface area contributed by atoms with Gasteiger partial charge in [-0.15, -0.1) is 0 Å². The number of hydrogen-bond acceptors (Lipinski definition) is 4. The minimum atomic E-state index is -0.385. The van der Waals surface area contributed by atoms with E-state index in [1.54, 1.807) is 7.05 Å². The number of esters is 1. The fraction of sp³-hybridized carbons (Fsp3) is 0.429. The van der Waals surface area contributed by atoms with E-state index in [0.29, 0.717) is 13.0 Å². The van der Waals surface area contributed by atoms with E-state index in [9.17, 15) is 9.59 Å². The Hall–Kier alpha value is -1.40. The maximum Gasteiger partial charge on any atom is 0.307 e. The van der Waals surface area contributed by atoms with Gasteiger partial charge in [0.1, 0.15) is 0 Å². The Kier molecular flexibility index (Phi) is 7.25. The summed E-state index contributed by atoms with van der Waals surface area (Å²) in [7, 11) is 3.12. The molecule has 6 heteroatoms. The highest BCUT2D eigenvalue weighted by atomic mass is 79.9. The molecule has 0 aliphatic carbocycles. The highest BCUT2D eigenvalue weighted by Crippen LogP contribution is 2.21. The predicted octanol–water partition coefficient (Wildman–Crippen LogP) is 1.78. The molecule has 1 amide bonds. The number of carbonyl (C=O) groups is 2. The van der Waals surface area contributed by atoms with Gasteiger partial charge in [0.25, 0.3) is 0 Å². The first-order chi connectivity index (χ1) is 9.56. The zero-order valence-electron chi connectivity index (χ0n) is 11.6. The van der Waals surface area contributed by atoms with Crippen LogP contribution in [0, 0.1) is 0 Å². The van der Waals surface area contributed by atoms with Crippen LogP contribution in [-0.4, -0.2) is 32.6 Å². The van der Waals surface area contributed by atoms with Crippen molar-refractivity contribution in [3.05, 3.63) is 34.3 Å². The van der Waals surface area contributed by atoms with Crippen molar-refractivity contribution in [2.45, 2.75) is 18.9 Å². The van der Waals surface area contributed by atoms with E-state index in [1.807, 2.05) is 24.3 Å². The van der Waals surface area contributed by atoms with Gasteiger partial charge in [0.15, 0.2) is 0 Å². The number of rotatable bonds is 7. The summed E-state index contributed by atoms with van der Waals surface area (Å²) >= 11 is 3.38. The Bertz CT molecular complexity index is 465. The van der Waals surface area contributed by atoms with Crippen molar-refractivity contribution in [2.24, 2.45) is 0 Å². The van der Waals surface area contributed by atoms with E-state index in [0.717, 1.165) is 10.0 Å². The van der Waals surface area contributed by atoms with Gasteiger partial charge < -0.3 is 15.4 Å². The van der Waals surface area contributed by atoms with Gasteiger partial charge in [-0.2, -0.15) is 0 Å². The third-order valence-corrected chi connectivity index (χ3v) is 3.28. The molecule has 0 heterocycles. The molecule has 110 valence electrons. The summed E-state index contributed by atoms with van der Waals surface area (Å²) in [4.78, 5) is 23.3. The fourth-order valence-electron chi connectivity index (χ4n) is 1.73. The number of nitrogens with one attached hydrogen (secondary N) is 2. The largest absolute Gasteiger partial charge is 0.469 e. The van der Waals surface area contributed by atoms with E-state index >= 15 is 0 Å². The molecule has 0 aliphatic rings. The van der Waals surface area contributed by atoms with Crippen LogP contribution in [0.1, 0.15) is 24.4 Å². The second-order valence-electron chi connectivity index (χ2n) is 4.31. The zero-order chi connectivity index (χ0) is 15.0. The molecular weight excluding hydrogens is 324 g/mol. The monoisotopic (exact) mass is 342 g/mol. The molecule has 0 bridgehead atoms. The third kappa shape index (κ3) is 5.71. The number of halogens is 1. The van der Waals surface area contributed by atoms with Crippen LogP contribution < -0.4 is 10.6 Å². The van der Waals surface area contributed by atoms with Gasteiger partial charge in [-0.1, -0.05) is 28.1 Å². The first kappa shape index (κ1) is 16.7. The van der Waals surface area contributed by atoms with Crippen LogP contribution in [0.25, 0.3) is 0 Å². The highest BCUT2D eigenvalue weighted by Gasteiger charge is 2.18. The van der Waals surface area contributed by atoms with Crippen molar-refractivity contribution >= 4 is 27.8 Å². The van der Waals surface area contributed by atoms with Crippen molar-refractivity contribution in [3.63, 3.8) is 0 Å². The molecule has 1 rings (SSSR count). The quantitative estimate of drug-likeness (QED) is 0.741.